The highest BCUT2D eigenvalue weighted by molar-refractivity contribution is 6.36. The maximum atomic E-state index is 16.6. The minimum atomic E-state index is -0.688. The summed E-state index contributed by atoms with van der Waals surface area (Å²) in [5.41, 5.74) is -0.232. The molecule has 0 bridgehead atoms. The van der Waals surface area contributed by atoms with E-state index in [9.17, 15) is 9.18 Å². The first-order valence-electron chi connectivity index (χ1n) is 15.2. The average Bonchev–Trinajstić information content (AvgIpc) is 3.41. The quantitative estimate of drug-likeness (QED) is 0.239. The molecule has 12 heteroatoms. The van der Waals surface area contributed by atoms with E-state index < -0.39 is 17.2 Å². The monoisotopic (exact) mass is 638 g/mol. The van der Waals surface area contributed by atoms with Crippen molar-refractivity contribution in [3.63, 3.8) is 0 Å². The standard InChI is InChI=1S/C33H37ClF2N6O3/c1-19-17-41(14-15-42(19)32(43)45-33(2,3)4)30-23-16-37-28(22-10-6-8-20-11-12-24(35)26(34)25(20)22)27(36)29(23)38-31(39-30)44-18-21-9-7-13-40(21)5/h6,8,10-12,16,19,21H,7,9,13-15,17-18H2,1-5H3/t19-,21+/m1/s1. The summed E-state index contributed by atoms with van der Waals surface area (Å²) in [5, 5.41) is 1.32. The number of anilines is 1. The van der Waals surface area contributed by atoms with Crippen LogP contribution in [0.3, 0.4) is 0 Å². The Morgan fingerprint density at radius 2 is 1.91 bits per heavy atom. The van der Waals surface area contributed by atoms with E-state index in [4.69, 9.17) is 26.1 Å². The van der Waals surface area contributed by atoms with Gasteiger partial charge in [-0.3, -0.25) is 4.98 Å². The van der Waals surface area contributed by atoms with Gasteiger partial charge in [0.2, 0.25) is 0 Å². The molecule has 2 aliphatic rings. The molecule has 2 fully saturated rings. The SMILES string of the molecule is C[C@@H]1CN(c2nc(OC[C@@H]3CCCN3C)nc3c(F)c(-c4cccc5ccc(F)c(Cl)c45)ncc23)CCN1C(=O)OC(C)(C)C. The molecule has 2 saturated heterocycles. The summed E-state index contributed by atoms with van der Waals surface area (Å²) < 4.78 is 42.8. The van der Waals surface area contributed by atoms with Crippen molar-refractivity contribution >= 4 is 45.2 Å². The normalized spacial score (nSPS) is 19.5. The number of likely N-dealkylation sites (tertiary alicyclic amines) is 1. The van der Waals surface area contributed by atoms with Crippen molar-refractivity contribution in [3.05, 3.63) is 53.2 Å². The third-order valence-electron chi connectivity index (χ3n) is 8.47. The van der Waals surface area contributed by atoms with Crippen LogP contribution in [0.25, 0.3) is 32.9 Å². The van der Waals surface area contributed by atoms with Crippen LogP contribution in [-0.2, 0) is 4.74 Å². The topological polar surface area (TPSA) is 83.9 Å². The minimum Gasteiger partial charge on any atom is -0.462 e. The number of nitrogens with zero attached hydrogens (tertiary/aromatic N) is 6. The molecule has 2 aliphatic heterocycles. The number of ether oxygens (including phenoxy) is 2. The lowest BCUT2D eigenvalue weighted by Crippen LogP contribution is -2.55. The number of fused-ring (bicyclic) bond motifs is 2. The number of carbonyl (C=O) groups excluding carboxylic acids is 1. The fourth-order valence-electron chi connectivity index (χ4n) is 6.12. The molecule has 0 unspecified atom stereocenters. The molecular formula is C33H37ClF2N6O3. The number of rotatable bonds is 5. The molecular weight excluding hydrogens is 602 g/mol. The number of likely N-dealkylation sites (N-methyl/N-ethyl adjacent to an activating group) is 1. The second-order valence-electron chi connectivity index (χ2n) is 12.8. The molecule has 0 N–H and O–H groups in total. The first-order chi connectivity index (χ1) is 21.4. The number of hydrogen-bond donors (Lipinski definition) is 0. The smallest absolute Gasteiger partial charge is 0.410 e. The largest absolute Gasteiger partial charge is 0.462 e. The van der Waals surface area contributed by atoms with Gasteiger partial charge in [-0.15, -0.1) is 0 Å². The van der Waals surface area contributed by atoms with Gasteiger partial charge in [-0.05, 0) is 65.6 Å². The Kier molecular flexibility index (Phi) is 8.43. The van der Waals surface area contributed by atoms with Crippen LogP contribution in [0.15, 0.2) is 36.5 Å². The number of amides is 1. The fraction of sp³-hybridized carbons (Fsp3) is 0.455. The van der Waals surface area contributed by atoms with Gasteiger partial charge in [0.15, 0.2) is 5.82 Å². The molecule has 2 atom stereocenters. The van der Waals surface area contributed by atoms with Gasteiger partial charge in [0.05, 0.1) is 10.4 Å². The van der Waals surface area contributed by atoms with Gasteiger partial charge in [-0.1, -0.05) is 35.9 Å². The summed E-state index contributed by atoms with van der Waals surface area (Å²) in [5.74, 6) is -0.827. The van der Waals surface area contributed by atoms with Gasteiger partial charge in [-0.2, -0.15) is 9.97 Å². The lowest BCUT2D eigenvalue weighted by molar-refractivity contribution is 0.0158. The summed E-state index contributed by atoms with van der Waals surface area (Å²) in [6, 6.07) is 8.14. The summed E-state index contributed by atoms with van der Waals surface area (Å²) in [4.78, 5) is 32.6. The maximum absolute atomic E-state index is 16.6. The molecule has 0 spiro atoms. The van der Waals surface area contributed by atoms with Gasteiger partial charge in [0.25, 0.3) is 0 Å². The number of hydrogen-bond acceptors (Lipinski definition) is 8. The lowest BCUT2D eigenvalue weighted by atomic mass is 10.0. The zero-order valence-corrected chi connectivity index (χ0v) is 26.9. The Bertz CT molecular complexity index is 1770. The molecule has 2 aromatic heterocycles. The number of piperazine rings is 1. The van der Waals surface area contributed by atoms with Crippen molar-refractivity contribution in [3.8, 4) is 17.3 Å². The fourth-order valence-corrected chi connectivity index (χ4v) is 6.40. The number of aromatic nitrogens is 3. The molecule has 6 rings (SSSR count). The van der Waals surface area contributed by atoms with E-state index >= 15 is 4.39 Å². The molecule has 0 aliphatic carbocycles. The van der Waals surface area contributed by atoms with E-state index in [0.717, 1.165) is 19.4 Å². The third-order valence-corrected chi connectivity index (χ3v) is 8.83. The molecule has 4 heterocycles. The summed E-state index contributed by atoms with van der Waals surface area (Å²) >= 11 is 6.38. The van der Waals surface area contributed by atoms with Gasteiger partial charge in [0, 0.05) is 48.9 Å². The van der Waals surface area contributed by atoms with Crippen molar-refractivity contribution in [2.24, 2.45) is 0 Å². The number of halogens is 3. The average molecular weight is 639 g/mol. The van der Waals surface area contributed by atoms with E-state index in [1.165, 1.54) is 12.3 Å². The van der Waals surface area contributed by atoms with Crippen LogP contribution < -0.4 is 9.64 Å². The highest BCUT2D eigenvalue weighted by Crippen LogP contribution is 2.38. The van der Waals surface area contributed by atoms with Crippen molar-refractivity contribution in [1.29, 1.82) is 0 Å². The van der Waals surface area contributed by atoms with Gasteiger partial charge in [0.1, 0.15) is 35.1 Å². The number of pyridine rings is 1. The van der Waals surface area contributed by atoms with Crippen LogP contribution in [0.1, 0.15) is 40.5 Å². The van der Waals surface area contributed by atoms with Crippen molar-refractivity contribution in [2.75, 3.05) is 44.7 Å². The maximum Gasteiger partial charge on any atom is 0.410 e. The van der Waals surface area contributed by atoms with E-state index in [-0.39, 0.29) is 40.4 Å². The van der Waals surface area contributed by atoms with Crippen LogP contribution >= 0.6 is 11.6 Å². The second kappa shape index (κ2) is 12.2. The summed E-state index contributed by atoms with van der Waals surface area (Å²) in [7, 11) is 2.05. The third kappa shape index (κ3) is 6.20. The molecule has 238 valence electrons. The Balaban J connectivity index is 1.41. The molecule has 0 saturated carbocycles. The number of benzene rings is 2. The van der Waals surface area contributed by atoms with Gasteiger partial charge >= 0.3 is 12.1 Å². The predicted molar refractivity (Wildman–Crippen MR) is 171 cm³/mol. The summed E-state index contributed by atoms with van der Waals surface area (Å²) in [6.07, 6.45) is 3.22. The predicted octanol–water partition coefficient (Wildman–Crippen LogP) is 6.70. The highest BCUT2D eigenvalue weighted by Gasteiger charge is 2.33. The van der Waals surface area contributed by atoms with Crippen molar-refractivity contribution in [2.45, 2.75) is 58.2 Å². The zero-order chi connectivity index (χ0) is 32.0. The van der Waals surface area contributed by atoms with E-state index in [1.807, 2.05) is 32.6 Å². The van der Waals surface area contributed by atoms with Crippen molar-refractivity contribution < 1.29 is 23.0 Å². The molecule has 4 aromatic rings. The Morgan fingerprint density at radius 1 is 1.11 bits per heavy atom. The first kappa shape index (κ1) is 31.2. The van der Waals surface area contributed by atoms with Crippen LogP contribution in [0, 0.1) is 11.6 Å². The summed E-state index contributed by atoms with van der Waals surface area (Å²) in [6.45, 7) is 10.0. The van der Waals surface area contributed by atoms with E-state index in [0.29, 0.717) is 53.8 Å². The first-order valence-corrected chi connectivity index (χ1v) is 15.6. The highest BCUT2D eigenvalue weighted by atomic mass is 35.5. The van der Waals surface area contributed by atoms with Crippen LogP contribution in [0.4, 0.5) is 19.4 Å². The van der Waals surface area contributed by atoms with E-state index in [2.05, 4.69) is 21.9 Å². The van der Waals surface area contributed by atoms with Gasteiger partial charge in [-0.25, -0.2) is 13.6 Å². The Morgan fingerprint density at radius 3 is 2.62 bits per heavy atom. The Hall–Kier alpha value is -3.83. The van der Waals surface area contributed by atoms with Crippen molar-refractivity contribution in [1.82, 2.24) is 24.8 Å². The van der Waals surface area contributed by atoms with Crippen LogP contribution in [0.5, 0.6) is 6.01 Å². The van der Waals surface area contributed by atoms with E-state index in [1.54, 1.807) is 29.2 Å². The lowest BCUT2D eigenvalue weighted by Gasteiger charge is -2.40. The van der Waals surface area contributed by atoms with Crippen LogP contribution in [0.2, 0.25) is 5.02 Å². The van der Waals surface area contributed by atoms with Gasteiger partial charge < -0.3 is 24.2 Å². The minimum absolute atomic E-state index is 0.00478. The molecule has 1 amide bonds. The molecule has 2 aromatic carbocycles. The Labute approximate surface area is 266 Å². The molecule has 9 nitrogen and oxygen atoms in total. The molecule has 45 heavy (non-hydrogen) atoms. The number of carbonyl (C=O) groups is 1. The second-order valence-corrected chi connectivity index (χ2v) is 13.2. The molecule has 0 radical (unpaired) electrons. The van der Waals surface area contributed by atoms with Crippen LogP contribution in [-0.4, -0.2) is 88.4 Å². The zero-order valence-electron chi connectivity index (χ0n) is 26.1.